The van der Waals surface area contributed by atoms with Crippen molar-refractivity contribution >= 4 is 22.3 Å². The third kappa shape index (κ3) is 4.56. The molecule has 0 aliphatic carbocycles. The highest BCUT2D eigenvalue weighted by molar-refractivity contribution is 7.48. The van der Waals surface area contributed by atoms with Crippen LogP contribution in [0.5, 0.6) is 0 Å². The van der Waals surface area contributed by atoms with Gasteiger partial charge in [-0.25, -0.2) is 0 Å². The molecule has 0 saturated heterocycles. The van der Waals surface area contributed by atoms with E-state index in [0.29, 0.717) is 5.16 Å². The number of rotatable bonds is 1. The molecule has 2 heteroatoms. The van der Waals surface area contributed by atoms with Gasteiger partial charge in [0.25, 0.3) is 0 Å². The van der Waals surface area contributed by atoms with E-state index in [4.69, 9.17) is 0 Å². The molecule has 0 fully saturated rings. The minimum atomic E-state index is 0. The maximum absolute atomic E-state index is 2.28. The van der Waals surface area contributed by atoms with Crippen LogP contribution in [0.25, 0.3) is 0 Å². The fourth-order valence-electron chi connectivity index (χ4n) is 0.954. The minimum absolute atomic E-state index is 0. The van der Waals surface area contributed by atoms with Crippen LogP contribution >= 0.6 is 8.58 Å². The molecular weight excluding hydrogens is 162 g/mol. The maximum atomic E-state index is 2.28. The zero-order chi connectivity index (χ0) is 8.32. The second kappa shape index (κ2) is 4.67. The average molecular weight is 180 g/mol. The van der Waals surface area contributed by atoms with Crippen LogP contribution in [-0.2, 0) is 0 Å². The van der Waals surface area contributed by atoms with Gasteiger partial charge in [0.2, 0.25) is 0 Å². The van der Waals surface area contributed by atoms with Gasteiger partial charge in [-0.3, -0.25) is 0 Å². The first-order valence-corrected chi connectivity index (χ1v) is 4.91. The van der Waals surface area contributed by atoms with E-state index < -0.39 is 0 Å². The van der Waals surface area contributed by atoms with Crippen molar-refractivity contribution in [3.63, 3.8) is 0 Å². The van der Waals surface area contributed by atoms with E-state index >= 15 is 0 Å². The first-order valence-electron chi connectivity index (χ1n) is 3.91. The molecule has 0 aliphatic rings. The molecule has 0 radical (unpaired) electrons. The zero-order valence-electron chi connectivity index (χ0n) is 7.39. The van der Waals surface area contributed by atoms with E-state index in [1.807, 2.05) is 0 Å². The molecule has 0 aromatic heterocycles. The van der Waals surface area contributed by atoms with Crippen molar-refractivity contribution in [2.45, 2.75) is 25.9 Å². The van der Waals surface area contributed by atoms with Crippen LogP contribution in [0.15, 0.2) is 30.3 Å². The minimum Gasteiger partial charge on any atom is -0.0849 e. The van der Waals surface area contributed by atoms with Crippen molar-refractivity contribution in [3.05, 3.63) is 30.3 Å². The lowest BCUT2D eigenvalue weighted by Gasteiger charge is -2.17. The Morgan fingerprint density at radius 3 is 1.92 bits per heavy atom. The van der Waals surface area contributed by atoms with Crippen LogP contribution < -0.4 is 5.30 Å². The van der Waals surface area contributed by atoms with Crippen molar-refractivity contribution in [1.82, 2.24) is 0 Å². The molecule has 1 unspecified atom stereocenters. The Kier molecular flexibility index (Phi) is 4.56. The van der Waals surface area contributed by atoms with E-state index in [2.05, 4.69) is 51.1 Å². The van der Waals surface area contributed by atoms with Crippen LogP contribution in [0.1, 0.15) is 20.8 Å². The lowest BCUT2D eigenvalue weighted by Crippen LogP contribution is -2.10. The van der Waals surface area contributed by atoms with E-state index in [1.54, 1.807) is 0 Å². The van der Waals surface area contributed by atoms with Gasteiger partial charge in [0, 0.05) is 0 Å². The molecule has 0 heterocycles. The summed E-state index contributed by atoms with van der Waals surface area (Å²) in [6.45, 7) is 6.83. The van der Waals surface area contributed by atoms with Gasteiger partial charge in [0.1, 0.15) is 0 Å². The highest BCUT2D eigenvalue weighted by Crippen LogP contribution is 2.28. The summed E-state index contributed by atoms with van der Waals surface area (Å²) in [7, 11) is 0.914. The Morgan fingerprint density at radius 2 is 1.50 bits per heavy atom. The Balaban J connectivity index is 0.00000121. The summed E-state index contributed by atoms with van der Waals surface area (Å²) in [6, 6.07) is 10.7. The molecule has 0 amide bonds. The van der Waals surface area contributed by atoms with Gasteiger partial charge in [-0.2, -0.15) is 0 Å². The highest BCUT2D eigenvalue weighted by atomic mass is 31.1. The summed E-state index contributed by atoms with van der Waals surface area (Å²) in [6.07, 6.45) is 0. The van der Waals surface area contributed by atoms with E-state index in [9.17, 15) is 0 Å². The Labute approximate surface area is 79.1 Å². The topological polar surface area (TPSA) is 0 Å². The number of benzene rings is 1. The maximum Gasteiger partial charge on any atom is 0.0814 e. The van der Waals surface area contributed by atoms with Crippen molar-refractivity contribution in [1.29, 1.82) is 0 Å². The average Bonchev–Trinajstić information content (AvgIpc) is 1.85. The molecule has 1 aromatic carbocycles. The molecule has 12 heavy (non-hydrogen) atoms. The van der Waals surface area contributed by atoms with Crippen LogP contribution in [0.2, 0.25) is 0 Å². The third-order valence-electron chi connectivity index (χ3n) is 1.29. The fourth-order valence-corrected chi connectivity index (χ4v) is 2.18. The Morgan fingerprint density at radius 1 is 1.00 bits per heavy atom. The number of hydrogen-bond donors (Lipinski definition) is 0. The Bertz CT molecular complexity index is 213. The lowest BCUT2D eigenvalue weighted by atomic mass is 10.3. The van der Waals surface area contributed by atoms with Gasteiger partial charge >= 0.3 is 0 Å². The molecule has 1 atom stereocenters. The molecule has 0 saturated carbocycles. The smallest absolute Gasteiger partial charge is 0.0814 e. The summed E-state index contributed by atoms with van der Waals surface area (Å²) in [5, 5.41) is 1.89. The summed E-state index contributed by atoms with van der Waals surface area (Å²) in [4.78, 5) is 0. The Hall–Kier alpha value is -0.285. The summed E-state index contributed by atoms with van der Waals surface area (Å²) in [5.74, 6) is 0. The largest absolute Gasteiger partial charge is 0.0849 e. The monoisotopic (exact) mass is 180 g/mol. The third-order valence-corrected chi connectivity index (χ3v) is 2.67. The van der Waals surface area contributed by atoms with Gasteiger partial charge in [0.05, 0.1) is 8.41 Å². The molecule has 66 valence electrons. The second-order valence-electron chi connectivity index (χ2n) is 3.74. The molecule has 1 aromatic rings. The molecule has 0 bridgehead atoms. The predicted molar refractivity (Wildman–Crippen MR) is 64.1 cm³/mol. The van der Waals surface area contributed by atoms with Gasteiger partial charge < -0.3 is 0 Å². The first kappa shape index (κ1) is 11.7. The predicted octanol–water partition coefficient (Wildman–Crippen LogP) is 1.61. The first-order chi connectivity index (χ1) is 5.08. The van der Waals surface area contributed by atoms with Crippen LogP contribution in [0.3, 0.4) is 0 Å². The highest BCUT2D eigenvalue weighted by Gasteiger charge is 2.09. The fraction of sp³-hybridized carbons (Fsp3) is 0.400. The molecular formula is C10H18BP. The molecule has 0 N–H and O–H groups in total. The van der Waals surface area contributed by atoms with E-state index in [-0.39, 0.29) is 8.41 Å². The number of hydrogen-bond acceptors (Lipinski definition) is 0. The van der Waals surface area contributed by atoms with Gasteiger partial charge in [0.15, 0.2) is 0 Å². The second-order valence-corrected chi connectivity index (χ2v) is 6.07. The summed E-state index contributed by atoms with van der Waals surface area (Å²) >= 11 is 0. The molecule has 1 rings (SSSR count). The van der Waals surface area contributed by atoms with Crippen molar-refractivity contribution < 1.29 is 0 Å². The summed E-state index contributed by atoms with van der Waals surface area (Å²) < 4.78 is 0. The van der Waals surface area contributed by atoms with Crippen molar-refractivity contribution in [2.75, 3.05) is 0 Å². The SMILES string of the molecule is B.CC(C)(C)Pc1ccccc1. The van der Waals surface area contributed by atoms with Crippen molar-refractivity contribution in [2.24, 2.45) is 0 Å². The lowest BCUT2D eigenvalue weighted by molar-refractivity contribution is 0.799. The van der Waals surface area contributed by atoms with Crippen molar-refractivity contribution in [3.8, 4) is 0 Å². The molecule has 0 nitrogen and oxygen atoms in total. The zero-order valence-corrected chi connectivity index (χ0v) is 8.39. The molecule has 0 spiro atoms. The quantitative estimate of drug-likeness (QED) is 0.454. The van der Waals surface area contributed by atoms with Crippen LogP contribution in [0, 0.1) is 0 Å². The standard InChI is InChI=1S/C10H15P.BH3/c1-10(2,3)11-9-7-5-4-6-8-9;/h4-8,11H,1-3H3;1H3. The van der Waals surface area contributed by atoms with Gasteiger partial charge in [-0.05, 0) is 10.5 Å². The van der Waals surface area contributed by atoms with E-state index in [0.717, 1.165) is 8.58 Å². The van der Waals surface area contributed by atoms with E-state index in [1.165, 1.54) is 5.30 Å². The molecule has 0 aliphatic heterocycles. The summed E-state index contributed by atoms with van der Waals surface area (Å²) in [5.41, 5.74) is 0. The van der Waals surface area contributed by atoms with Gasteiger partial charge in [-0.15, -0.1) is 0 Å². The van der Waals surface area contributed by atoms with Gasteiger partial charge in [-0.1, -0.05) is 59.7 Å². The normalized spacial score (nSPS) is 11.6. The van der Waals surface area contributed by atoms with Crippen LogP contribution in [-0.4, -0.2) is 13.6 Å². The van der Waals surface area contributed by atoms with Crippen LogP contribution in [0.4, 0.5) is 0 Å².